The number of amides is 1. The highest BCUT2D eigenvalue weighted by Crippen LogP contribution is 2.20. The number of aromatic nitrogens is 4. The van der Waals surface area contributed by atoms with Gasteiger partial charge in [0.1, 0.15) is 11.5 Å². The van der Waals surface area contributed by atoms with Crippen molar-refractivity contribution < 1.29 is 13.9 Å². The van der Waals surface area contributed by atoms with Crippen LogP contribution in [0, 0.1) is 12.7 Å². The molecule has 170 valence electrons. The van der Waals surface area contributed by atoms with Gasteiger partial charge in [0.2, 0.25) is 11.4 Å². The van der Waals surface area contributed by atoms with Crippen LogP contribution in [0.1, 0.15) is 29.5 Å². The summed E-state index contributed by atoms with van der Waals surface area (Å²) >= 11 is 0. The van der Waals surface area contributed by atoms with Crippen molar-refractivity contribution in [2.45, 2.75) is 26.8 Å². The summed E-state index contributed by atoms with van der Waals surface area (Å²) < 4.78 is 22.9. The average molecular weight is 449 g/mol. The van der Waals surface area contributed by atoms with Crippen molar-refractivity contribution in [3.8, 4) is 5.69 Å². The van der Waals surface area contributed by atoms with E-state index < -0.39 is 17.2 Å². The molecule has 9 heteroatoms. The molecule has 0 spiro atoms. The molecule has 1 amide bonds. The number of para-hydroxylation sites is 3. The van der Waals surface area contributed by atoms with E-state index in [0.29, 0.717) is 36.9 Å². The number of rotatable bonds is 8. The quantitative estimate of drug-likeness (QED) is 0.414. The fourth-order valence-corrected chi connectivity index (χ4v) is 3.60. The molecule has 0 saturated heterocycles. The van der Waals surface area contributed by atoms with Gasteiger partial charge in [-0.1, -0.05) is 24.3 Å². The number of nitrogens with zero attached hydrogens (tertiary/aromatic N) is 4. The molecule has 2 aromatic carbocycles. The van der Waals surface area contributed by atoms with E-state index in [1.807, 2.05) is 35.8 Å². The first kappa shape index (κ1) is 22.3. The topological polar surface area (TPSA) is 91.0 Å². The van der Waals surface area contributed by atoms with Crippen molar-refractivity contribution in [2.24, 2.45) is 0 Å². The standard InChI is InChI=1S/C24H24FN5O3/c1-3-33-14-8-13-29-20-12-7-5-10-18(20)26-24(29)27-23(32)22-21(31)15-16(2)30(28-22)19-11-6-4-9-17(19)25/h4-7,9-12,15H,3,8,13-14H2,1-2H3,(H,26,27,32). The minimum atomic E-state index is -0.716. The number of carbonyl (C=O) groups excluding carboxylic acids is 1. The van der Waals surface area contributed by atoms with Gasteiger partial charge in [0, 0.05) is 31.5 Å². The van der Waals surface area contributed by atoms with Gasteiger partial charge in [0.15, 0.2) is 5.69 Å². The largest absolute Gasteiger partial charge is 0.382 e. The van der Waals surface area contributed by atoms with Crippen molar-refractivity contribution in [3.05, 3.63) is 82.0 Å². The van der Waals surface area contributed by atoms with Crippen LogP contribution in [0.4, 0.5) is 10.3 Å². The molecule has 33 heavy (non-hydrogen) atoms. The van der Waals surface area contributed by atoms with Crippen LogP contribution in [0.5, 0.6) is 0 Å². The molecular weight excluding hydrogens is 425 g/mol. The first-order valence-corrected chi connectivity index (χ1v) is 10.7. The number of hydrogen-bond acceptors (Lipinski definition) is 5. The highest BCUT2D eigenvalue weighted by molar-refractivity contribution is 6.02. The van der Waals surface area contributed by atoms with Crippen LogP contribution in [0.15, 0.2) is 59.4 Å². The number of carbonyl (C=O) groups is 1. The summed E-state index contributed by atoms with van der Waals surface area (Å²) in [6.07, 6.45) is 0.722. The molecule has 0 bridgehead atoms. The second-order valence-corrected chi connectivity index (χ2v) is 7.44. The second-order valence-electron chi connectivity index (χ2n) is 7.44. The van der Waals surface area contributed by atoms with Crippen LogP contribution < -0.4 is 10.7 Å². The molecule has 1 N–H and O–H groups in total. The van der Waals surface area contributed by atoms with Gasteiger partial charge in [0.05, 0.1) is 11.0 Å². The molecule has 0 atom stereocenters. The second kappa shape index (κ2) is 9.74. The molecule has 0 radical (unpaired) electrons. The molecule has 0 aliphatic carbocycles. The summed E-state index contributed by atoms with van der Waals surface area (Å²) in [5.41, 5.74) is 1.21. The summed E-state index contributed by atoms with van der Waals surface area (Å²) in [5.74, 6) is -0.928. The monoisotopic (exact) mass is 449 g/mol. The molecular formula is C24H24FN5O3. The normalized spacial score (nSPS) is 11.1. The zero-order valence-electron chi connectivity index (χ0n) is 18.4. The molecule has 0 fully saturated rings. The Bertz CT molecular complexity index is 1360. The number of ether oxygens (including phenoxy) is 1. The molecule has 0 saturated carbocycles. The molecule has 0 aliphatic heterocycles. The molecule has 2 heterocycles. The molecule has 0 aliphatic rings. The summed E-state index contributed by atoms with van der Waals surface area (Å²) in [6.45, 7) is 5.32. The van der Waals surface area contributed by atoms with Gasteiger partial charge in [-0.3, -0.25) is 14.9 Å². The van der Waals surface area contributed by atoms with Gasteiger partial charge < -0.3 is 9.30 Å². The fourth-order valence-electron chi connectivity index (χ4n) is 3.60. The maximum absolute atomic E-state index is 14.3. The van der Waals surface area contributed by atoms with E-state index in [9.17, 15) is 14.0 Å². The SMILES string of the molecule is CCOCCCn1c(NC(=O)c2nn(-c3ccccc3F)c(C)cc2=O)nc2ccccc21. The van der Waals surface area contributed by atoms with Crippen LogP contribution in [0.25, 0.3) is 16.7 Å². The predicted molar refractivity (Wildman–Crippen MR) is 123 cm³/mol. The van der Waals surface area contributed by atoms with Crippen molar-refractivity contribution in [1.82, 2.24) is 19.3 Å². The maximum atomic E-state index is 14.3. The molecule has 4 rings (SSSR count). The third-order valence-corrected chi connectivity index (χ3v) is 5.16. The number of nitrogens with one attached hydrogen (secondary N) is 1. The number of benzene rings is 2. The zero-order valence-corrected chi connectivity index (χ0v) is 18.4. The van der Waals surface area contributed by atoms with Gasteiger partial charge in [-0.05, 0) is 44.5 Å². The zero-order chi connectivity index (χ0) is 23.4. The Labute approximate surface area is 189 Å². The van der Waals surface area contributed by atoms with E-state index in [4.69, 9.17) is 4.74 Å². The smallest absolute Gasteiger partial charge is 0.282 e. The Morgan fingerprint density at radius 2 is 1.91 bits per heavy atom. The third-order valence-electron chi connectivity index (χ3n) is 5.16. The van der Waals surface area contributed by atoms with Crippen molar-refractivity contribution in [3.63, 3.8) is 0 Å². The first-order valence-electron chi connectivity index (χ1n) is 10.7. The number of halogens is 1. The van der Waals surface area contributed by atoms with E-state index in [0.717, 1.165) is 11.9 Å². The van der Waals surface area contributed by atoms with Crippen LogP contribution in [-0.2, 0) is 11.3 Å². The van der Waals surface area contributed by atoms with Crippen molar-refractivity contribution >= 4 is 22.9 Å². The van der Waals surface area contributed by atoms with Crippen LogP contribution in [0.3, 0.4) is 0 Å². The van der Waals surface area contributed by atoms with Gasteiger partial charge in [-0.2, -0.15) is 5.10 Å². The Balaban J connectivity index is 1.68. The molecule has 0 unspecified atom stereocenters. The van der Waals surface area contributed by atoms with E-state index in [2.05, 4.69) is 15.4 Å². The first-order chi connectivity index (χ1) is 16.0. The highest BCUT2D eigenvalue weighted by Gasteiger charge is 2.20. The van der Waals surface area contributed by atoms with Crippen LogP contribution in [0.2, 0.25) is 0 Å². The van der Waals surface area contributed by atoms with Crippen LogP contribution in [-0.4, -0.2) is 38.5 Å². The summed E-state index contributed by atoms with van der Waals surface area (Å²) in [5, 5.41) is 6.88. The Kier molecular flexibility index (Phi) is 6.60. The molecule has 8 nitrogen and oxygen atoms in total. The lowest BCUT2D eigenvalue weighted by molar-refractivity contribution is 0.101. The summed E-state index contributed by atoms with van der Waals surface area (Å²) in [6, 6.07) is 14.8. The van der Waals surface area contributed by atoms with Gasteiger partial charge in [0.25, 0.3) is 5.91 Å². The number of hydrogen-bond donors (Lipinski definition) is 1. The van der Waals surface area contributed by atoms with E-state index in [1.165, 1.54) is 22.9 Å². The Hall–Kier alpha value is -3.85. The minimum Gasteiger partial charge on any atom is -0.382 e. The number of imidazole rings is 1. The number of anilines is 1. The Morgan fingerprint density at radius 1 is 1.15 bits per heavy atom. The van der Waals surface area contributed by atoms with Crippen molar-refractivity contribution in [2.75, 3.05) is 18.5 Å². The molecule has 2 aromatic heterocycles. The average Bonchev–Trinajstić information content (AvgIpc) is 3.14. The lowest BCUT2D eigenvalue weighted by atomic mass is 10.2. The Morgan fingerprint density at radius 3 is 2.70 bits per heavy atom. The van der Waals surface area contributed by atoms with E-state index in [1.54, 1.807) is 19.1 Å². The van der Waals surface area contributed by atoms with Gasteiger partial charge >= 0.3 is 0 Å². The van der Waals surface area contributed by atoms with E-state index in [-0.39, 0.29) is 11.4 Å². The molecule has 4 aromatic rings. The van der Waals surface area contributed by atoms with Crippen molar-refractivity contribution in [1.29, 1.82) is 0 Å². The summed E-state index contributed by atoms with van der Waals surface area (Å²) in [7, 11) is 0. The number of fused-ring (bicyclic) bond motifs is 1. The fraction of sp³-hybridized carbons (Fsp3) is 0.250. The van der Waals surface area contributed by atoms with Crippen LogP contribution >= 0.6 is 0 Å². The summed E-state index contributed by atoms with van der Waals surface area (Å²) in [4.78, 5) is 30.1. The lowest BCUT2D eigenvalue weighted by Gasteiger charge is -2.13. The minimum absolute atomic E-state index is 0.146. The third kappa shape index (κ3) is 4.68. The maximum Gasteiger partial charge on any atom is 0.282 e. The lowest BCUT2D eigenvalue weighted by Crippen LogP contribution is -2.28. The highest BCUT2D eigenvalue weighted by atomic mass is 19.1. The van der Waals surface area contributed by atoms with Gasteiger partial charge in [-0.25, -0.2) is 14.1 Å². The number of aryl methyl sites for hydroxylation is 2. The van der Waals surface area contributed by atoms with E-state index >= 15 is 0 Å². The van der Waals surface area contributed by atoms with Gasteiger partial charge in [-0.15, -0.1) is 0 Å². The predicted octanol–water partition coefficient (Wildman–Crippen LogP) is 3.71.